The van der Waals surface area contributed by atoms with E-state index >= 15 is 0 Å². The highest BCUT2D eigenvalue weighted by molar-refractivity contribution is 6.35. The van der Waals surface area contributed by atoms with Crippen LogP contribution in [-0.2, 0) is 6.54 Å². The zero-order valence-electron chi connectivity index (χ0n) is 11.7. The van der Waals surface area contributed by atoms with Crippen LogP contribution in [0.2, 0.25) is 10.0 Å². The van der Waals surface area contributed by atoms with E-state index in [1.54, 1.807) is 6.07 Å². The number of hydrogen-bond donors (Lipinski definition) is 1. The van der Waals surface area contributed by atoms with E-state index < -0.39 is 0 Å². The summed E-state index contributed by atoms with van der Waals surface area (Å²) in [6.07, 6.45) is 4.86. The van der Waals surface area contributed by atoms with Crippen molar-refractivity contribution in [2.75, 3.05) is 6.54 Å². The minimum absolute atomic E-state index is 0.126. The van der Waals surface area contributed by atoms with Crippen LogP contribution in [-0.4, -0.2) is 16.1 Å². The van der Waals surface area contributed by atoms with Crippen molar-refractivity contribution in [2.45, 2.75) is 32.9 Å². The molecule has 108 valence electrons. The van der Waals surface area contributed by atoms with E-state index in [9.17, 15) is 0 Å². The SMILES string of the molecule is CCCNCc1cncn1C(C)c1ccc(Cl)cc1Cl. The predicted molar refractivity (Wildman–Crippen MR) is 84.5 cm³/mol. The maximum absolute atomic E-state index is 6.29. The second kappa shape index (κ2) is 7.11. The van der Waals surface area contributed by atoms with E-state index in [1.807, 2.05) is 24.7 Å². The van der Waals surface area contributed by atoms with Gasteiger partial charge in [0.05, 0.1) is 18.1 Å². The Balaban J connectivity index is 2.20. The van der Waals surface area contributed by atoms with Gasteiger partial charge in [0.2, 0.25) is 0 Å². The van der Waals surface area contributed by atoms with Crippen molar-refractivity contribution in [1.29, 1.82) is 0 Å². The van der Waals surface area contributed by atoms with Crippen LogP contribution in [0.1, 0.15) is 37.6 Å². The Hall–Kier alpha value is -1.03. The van der Waals surface area contributed by atoms with Crippen LogP contribution in [0.4, 0.5) is 0 Å². The second-order valence-corrected chi connectivity index (χ2v) is 5.65. The fraction of sp³-hybridized carbons (Fsp3) is 0.400. The first-order chi connectivity index (χ1) is 9.63. The molecule has 3 nitrogen and oxygen atoms in total. The number of imidazole rings is 1. The Kier molecular flexibility index (Phi) is 5.46. The summed E-state index contributed by atoms with van der Waals surface area (Å²) in [5.74, 6) is 0. The molecule has 5 heteroatoms. The van der Waals surface area contributed by atoms with Crippen LogP contribution < -0.4 is 5.32 Å². The number of hydrogen-bond acceptors (Lipinski definition) is 2. The van der Waals surface area contributed by atoms with E-state index in [4.69, 9.17) is 23.2 Å². The molecule has 0 saturated carbocycles. The summed E-state index contributed by atoms with van der Waals surface area (Å²) in [5.41, 5.74) is 2.20. The number of halogens is 2. The molecule has 20 heavy (non-hydrogen) atoms. The molecule has 0 saturated heterocycles. The number of nitrogens with zero attached hydrogens (tertiary/aromatic N) is 2. The maximum atomic E-state index is 6.29. The van der Waals surface area contributed by atoms with Gasteiger partial charge in [0.15, 0.2) is 0 Å². The molecule has 1 unspecified atom stereocenters. The second-order valence-electron chi connectivity index (χ2n) is 4.81. The van der Waals surface area contributed by atoms with Crippen LogP contribution in [0.25, 0.3) is 0 Å². The van der Waals surface area contributed by atoms with Crippen molar-refractivity contribution >= 4 is 23.2 Å². The molecule has 0 amide bonds. The number of nitrogens with one attached hydrogen (secondary N) is 1. The van der Waals surface area contributed by atoms with Gasteiger partial charge in [-0.25, -0.2) is 4.98 Å². The Bertz CT molecular complexity index is 566. The molecule has 1 atom stereocenters. The Morgan fingerprint density at radius 1 is 1.35 bits per heavy atom. The summed E-state index contributed by atoms with van der Waals surface area (Å²) >= 11 is 12.2. The molecule has 0 fully saturated rings. The standard InChI is InChI=1S/C15H19Cl2N3/c1-3-6-18-8-13-9-19-10-20(13)11(2)14-5-4-12(16)7-15(14)17/h4-5,7,9-11,18H,3,6,8H2,1-2H3. The summed E-state index contributed by atoms with van der Waals surface area (Å²) < 4.78 is 2.14. The lowest BCUT2D eigenvalue weighted by atomic mass is 10.1. The lowest BCUT2D eigenvalue weighted by Crippen LogP contribution is -2.18. The van der Waals surface area contributed by atoms with Crippen LogP contribution in [0.5, 0.6) is 0 Å². The van der Waals surface area contributed by atoms with Gasteiger partial charge in [-0.15, -0.1) is 0 Å². The first-order valence-electron chi connectivity index (χ1n) is 6.79. The summed E-state index contributed by atoms with van der Waals surface area (Å²) in [5, 5.41) is 4.73. The number of benzene rings is 1. The molecule has 1 aromatic carbocycles. The normalized spacial score (nSPS) is 12.6. The maximum Gasteiger partial charge on any atom is 0.0954 e. The Morgan fingerprint density at radius 3 is 2.85 bits per heavy atom. The molecule has 1 aromatic heterocycles. The van der Waals surface area contributed by atoms with Crippen LogP contribution in [0.15, 0.2) is 30.7 Å². The smallest absolute Gasteiger partial charge is 0.0954 e. The van der Waals surface area contributed by atoms with Gasteiger partial charge in [-0.3, -0.25) is 0 Å². The average molecular weight is 312 g/mol. The lowest BCUT2D eigenvalue weighted by molar-refractivity contribution is 0.574. The monoisotopic (exact) mass is 311 g/mol. The van der Waals surface area contributed by atoms with Crippen molar-refractivity contribution in [3.8, 4) is 0 Å². The summed E-state index contributed by atoms with van der Waals surface area (Å²) in [4.78, 5) is 4.25. The third-order valence-electron chi connectivity index (χ3n) is 3.31. The lowest BCUT2D eigenvalue weighted by Gasteiger charge is -2.18. The molecule has 0 spiro atoms. The van der Waals surface area contributed by atoms with Gasteiger partial charge in [0, 0.05) is 22.8 Å². The Labute approximate surface area is 129 Å². The first kappa shape index (κ1) is 15.4. The molecular formula is C15H19Cl2N3. The molecule has 0 radical (unpaired) electrons. The largest absolute Gasteiger partial charge is 0.326 e. The zero-order valence-corrected chi connectivity index (χ0v) is 13.2. The van der Waals surface area contributed by atoms with Crippen molar-refractivity contribution in [3.05, 3.63) is 52.0 Å². The highest BCUT2D eigenvalue weighted by Gasteiger charge is 2.14. The minimum Gasteiger partial charge on any atom is -0.326 e. The van der Waals surface area contributed by atoms with Crippen molar-refractivity contribution in [3.63, 3.8) is 0 Å². The van der Waals surface area contributed by atoms with Gasteiger partial charge in [-0.2, -0.15) is 0 Å². The molecular weight excluding hydrogens is 293 g/mol. The van der Waals surface area contributed by atoms with Gasteiger partial charge >= 0.3 is 0 Å². The number of rotatable bonds is 6. The molecule has 0 aliphatic rings. The van der Waals surface area contributed by atoms with Crippen molar-refractivity contribution < 1.29 is 0 Å². The van der Waals surface area contributed by atoms with Crippen LogP contribution in [0, 0.1) is 0 Å². The third-order valence-corrected chi connectivity index (χ3v) is 3.87. The molecule has 1 N–H and O–H groups in total. The first-order valence-corrected chi connectivity index (χ1v) is 7.55. The van der Waals surface area contributed by atoms with Gasteiger partial charge in [-0.05, 0) is 37.6 Å². The fourth-order valence-electron chi connectivity index (χ4n) is 2.20. The van der Waals surface area contributed by atoms with Gasteiger partial charge < -0.3 is 9.88 Å². The average Bonchev–Trinajstić information content (AvgIpc) is 2.87. The van der Waals surface area contributed by atoms with Crippen molar-refractivity contribution in [1.82, 2.24) is 14.9 Å². The highest BCUT2D eigenvalue weighted by atomic mass is 35.5. The number of aromatic nitrogens is 2. The summed E-state index contributed by atoms with van der Waals surface area (Å²) in [6.45, 7) is 6.07. The zero-order chi connectivity index (χ0) is 14.5. The molecule has 1 heterocycles. The van der Waals surface area contributed by atoms with E-state index in [1.165, 1.54) is 0 Å². The van der Waals surface area contributed by atoms with Gasteiger partial charge in [0.1, 0.15) is 0 Å². The summed E-state index contributed by atoms with van der Waals surface area (Å²) in [7, 11) is 0. The molecule has 2 aromatic rings. The van der Waals surface area contributed by atoms with Crippen molar-refractivity contribution in [2.24, 2.45) is 0 Å². The summed E-state index contributed by atoms with van der Waals surface area (Å²) in [6, 6.07) is 5.74. The molecule has 0 aliphatic heterocycles. The van der Waals surface area contributed by atoms with Gasteiger partial charge in [0.25, 0.3) is 0 Å². The molecule has 2 rings (SSSR count). The third kappa shape index (κ3) is 3.54. The van der Waals surface area contributed by atoms with E-state index in [-0.39, 0.29) is 6.04 Å². The van der Waals surface area contributed by atoms with Gasteiger partial charge in [-0.1, -0.05) is 36.2 Å². The quantitative estimate of drug-likeness (QED) is 0.806. The van der Waals surface area contributed by atoms with E-state index in [0.717, 1.165) is 30.8 Å². The van der Waals surface area contributed by atoms with Crippen LogP contribution >= 0.6 is 23.2 Å². The van der Waals surface area contributed by atoms with Crippen LogP contribution in [0.3, 0.4) is 0 Å². The van der Waals surface area contributed by atoms with E-state index in [2.05, 4.69) is 28.7 Å². The topological polar surface area (TPSA) is 29.9 Å². The van der Waals surface area contributed by atoms with E-state index in [0.29, 0.717) is 10.0 Å². The molecule has 0 bridgehead atoms. The predicted octanol–water partition coefficient (Wildman–Crippen LogP) is 4.30. The fourth-order valence-corrected chi connectivity index (χ4v) is 2.77. The Morgan fingerprint density at radius 2 is 2.15 bits per heavy atom. The highest BCUT2D eigenvalue weighted by Crippen LogP contribution is 2.29. The minimum atomic E-state index is 0.126. The molecule has 0 aliphatic carbocycles.